The van der Waals surface area contributed by atoms with E-state index in [9.17, 15) is 5.11 Å². The summed E-state index contributed by atoms with van der Waals surface area (Å²) in [6.07, 6.45) is 17.4. The van der Waals surface area contributed by atoms with Crippen molar-refractivity contribution in [2.24, 2.45) is 5.41 Å². The van der Waals surface area contributed by atoms with Crippen molar-refractivity contribution in [2.45, 2.75) is 104 Å². The van der Waals surface area contributed by atoms with E-state index in [1.165, 1.54) is 70.6 Å². The lowest BCUT2D eigenvalue weighted by Gasteiger charge is -2.29. The summed E-state index contributed by atoms with van der Waals surface area (Å²) in [5.74, 6) is 0. The molecule has 0 aliphatic rings. The summed E-state index contributed by atoms with van der Waals surface area (Å²) in [6, 6.07) is 0. The molecule has 1 nitrogen and oxygen atoms in total. The summed E-state index contributed by atoms with van der Waals surface area (Å²) in [6.45, 7) is 7.09. The Morgan fingerprint density at radius 1 is 0.632 bits per heavy atom. The maximum Gasteiger partial charge on any atom is 0.0487 e. The van der Waals surface area contributed by atoms with Crippen LogP contribution in [0.5, 0.6) is 0 Å². The average molecular weight is 271 g/mol. The lowest BCUT2D eigenvalue weighted by Crippen LogP contribution is -2.23. The number of rotatable bonds is 14. The Kier molecular flexibility index (Phi) is 12.9. The molecule has 0 spiro atoms. The van der Waals surface area contributed by atoms with Gasteiger partial charge in [-0.15, -0.1) is 0 Å². The number of aliphatic hydroxyl groups excluding tert-OH is 1. The van der Waals surface area contributed by atoms with Gasteiger partial charge < -0.3 is 5.11 Å². The van der Waals surface area contributed by atoms with Gasteiger partial charge in [-0.2, -0.15) is 0 Å². The fraction of sp³-hybridized carbons (Fsp3) is 1.00. The zero-order chi connectivity index (χ0) is 14.4. The lowest BCUT2D eigenvalue weighted by atomic mass is 9.78. The molecule has 0 heterocycles. The van der Waals surface area contributed by atoms with Gasteiger partial charge in [0.05, 0.1) is 0 Å². The van der Waals surface area contributed by atoms with Crippen molar-refractivity contribution in [3.63, 3.8) is 0 Å². The highest BCUT2D eigenvalue weighted by atomic mass is 16.3. The molecule has 0 atom stereocenters. The normalized spacial score (nSPS) is 12.0. The van der Waals surface area contributed by atoms with E-state index in [0.29, 0.717) is 6.61 Å². The molecule has 0 aromatic rings. The van der Waals surface area contributed by atoms with Crippen LogP contribution in [-0.4, -0.2) is 11.7 Å². The smallest absolute Gasteiger partial charge is 0.0487 e. The molecule has 0 radical (unpaired) electrons. The Bertz CT molecular complexity index is 164. The number of unbranched alkanes of at least 4 members (excludes halogenated alkanes) is 9. The van der Waals surface area contributed by atoms with Crippen molar-refractivity contribution in [3.8, 4) is 0 Å². The van der Waals surface area contributed by atoms with E-state index in [1.54, 1.807) is 0 Å². The molecular weight excluding hydrogens is 232 g/mol. The molecule has 0 fully saturated rings. The molecule has 0 aromatic heterocycles. The Labute approximate surface area is 122 Å². The summed E-state index contributed by atoms with van der Waals surface area (Å²) < 4.78 is 0. The van der Waals surface area contributed by atoms with Crippen molar-refractivity contribution in [1.29, 1.82) is 0 Å². The third kappa shape index (κ3) is 9.49. The van der Waals surface area contributed by atoms with Crippen molar-refractivity contribution >= 4 is 0 Å². The van der Waals surface area contributed by atoms with E-state index in [1.807, 2.05) is 0 Å². The van der Waals surface area contributed by atoms with Gasteiger partial charge in [0.1, 0.15) is 0 Å². The molecule has 0 unspecified atom stereocenters. The average Bonchev–Trinajstić information content (AvgIpc) is 2.46. The summed E-state index contributed by atoms with van der Waals surface area (Å²) in [5, 5.41) is 9.52. The third-order valence-corrected chi connectivity index (χ3v) is 4.90. The van der Waals surface area contributed by atoms with E-state index in [-0.39, 0.29) is 5.41 Å². The molecule has 1 heteroatoms. The number of aliphatic hydroxyl groups is 1. The van der Waals surface area contributed by atoms with E-state index in [4.69, 9.17) is 0 Å². The summed E-state index contributed by atoms with van der Waals surface area (Å²) in [7, 11) is 0. The van der Waals surface area contributed by atoms with Crippen LogP contribution in [0, 0.1) is 5.41 Å². The highest BCUT2D eigenvalue weighted by Crippen LogP contribution is 2.32. The van der Waals surface area contributed by atoms with Crippen LogP contribution in [0.2, 0.25) is 0 Å². The predicted octanol–water partition coefficient (Wildman–Crippen LogP) is 6.10. The van der Waals surface area contributed by atoms with Crippen LogP contribution in [0.15, 0.2) is 0 Å². The topological polar surface area (TPSA) is 20.2 Å². The second kappa shape index (κ2) is 13.0. The zero-order valence-electron chi connectivity index (χ0n) is 13.8. The van der Waals surface area contributed by atoms with Crippen molar-refractivity contribution in [2.75, 3.05) is 6.61 Å². The van der Waals surface area contributed by atoms with Crippen LogP contribution < -0.4 is 0 Å². The molecule has 116 valence electrons. The highest BCUT2D eigenvalue weighted by molar-refractivity contribution is 4.75. The minimum Gasteiger partial charge on any atom is -0.396 e. The quantitative estimate of drug-likeness (QED) is 0.378. The van der Waals surface area contributed by atoms with Crippen LogP contribution in [0.4, 0.5) is 0 Å². The Balaban J connectivity index is 3.35. The first-order valence-corrected chi connectivity index (χ1v) is 8.85. The molecule has 0 rings (SSSR count). The molecule has 0 aliphatic carbocycles. The van der Waals surface area contributed by atoms with Gasteiger partial charge in [0.15, 0.2) is 0 Å². The molecule has 0 amide bonds. The lowest BCUT2D eigenvalue weighted by molar-refractivity contribution is 0.102. The van der Waals surface area contributed by atoms with Crippen molar-refractivity contribution in [3.05, 3.63) is 0 Å². The minimum atomic E-state index is 0.222. The molecule has 0 saturated heterocycles. The summed E-state index contributed by atoms with van der Waals surface area (Å²) >= 11 is 0. The van der Waals surface area contributed by atoms with Crippen molar-refractivity contribution < 1.29 is 5.11 Å². The van der Waals surface area contributed by atoms with Crippen LogP contribution in [0.25, 0.3) is 0 Å². The second-order valence-electron chi connectivity index (χ2n) is 6.30. The Morgan fingerprint density at radius 2 is 1.05 bits per heavy atom. The Hall–Kier alpha value is -0.0400. The van der Waals surface area contributed by atoms with Gasteiger partial charge in [-0.25, -0.2) is 0 Å². The molecule has 0 bridgehead atoms. The summed E-state index contributed by atoms with van der Waals surface area (Å²) in [5.41, 5.74) is 0.222. The second-order valence-corrected chi connectivity index (χ2v) is 6.30. The third-order valence-electron chi connectivity index (χ3n) is 4.90. The number of hydrogen-bond donors (Lipinski definition) is 1. The fourth-order valence-corrected chi connectivity index (χ4v) is 2.89. The van der Waals surface area contributed by atoms with Gasteiger partial charge in [-0.05, 0) is 24.7 Å². The number of hydrogen-bond acceptors (Lipinski definition) is 1. The van der Waals surface area contributed by atoms with Gasteiger partial charge in [0, 0.05) is 6.61 Å². The molecule has 1 N–H and O–H groups in total. The van der Waals surface area contributed by atoms with Crippen molar-refractivity contribution in [1.82, 2.24) is 0 Å². The molecular formula is C18H38O. The molecule has 0 saturated carbocycles. The van der Waals surface area contributed by atoms with Crippen LogP contribution in [-0.2, 0) is 0 Å². The fourth-order valence-electron chi connectivity index (χ4n) is 2.89. The first-order valence-electron chi connectivity index (χ1n) is 8.85. The maximum atomic E-state index is 9.52. The van der Waals surface area contributed by atoms with Gasteiger partial charge in [0.2, 0.25) is 0 Å². The highest BCUT2D eigenvalue weighted by Gasteiger charge is 2.23. The maximum absolute atomic E-state index is 9.52. The standard InChI is InChI=1S/C18H38O/c1-4-7-8-9-10-11-12-13-14-15-16-18(5-2,6-3)17-19/h19H,4-17H2,1-3H3. The Morgan fingerprint density at radius 3 is 1.42 bits per heavy atom. The van der Waals surface area contributed by atoms with E-state index in [2.05, 4.69) is 20.8 Å². The minimum absolute atomic E-state index is 0.222. The van der Waals surface area contributed by atoms with E-state index < -0.39 is 0 Å². The first-order chi connectivity index (χ1) is 9.24. The van der Waals surface area contributed by atoms with E-state index in [0.717, 1.165) is 12.8 Å². The largest absolute Gasteiger partial charge is 0.396 e. The monoisotopic (exact) mass is 270 g/mol. The first kappa shape index (κ1) is 19.0. The zero-order valence-corrected chi connectivity index (χ0v) is 13.8. The van der Waals surface area contributed by atoms with E-state index >= 15 is 0 Å². The molecule has 0 aromatic carbocycles. The van der Waals surface area contributed by atoms with Gasteiger partial charge in [-0.3, -0.25) is 0 Å². The van der Waals surface area contributed by atoms with Crippen LogP contribution in [0.1, 0.15) is 104 Å². The van der Waals surface area contributed by atoms with Crippen LogP contribution in [0.3, 0.4) is 0 Å². The van der Waals surface area contributed by atoms with Gasteiger partial charge in [0.25, 0.3) is 0 Å². The molecule has 19 heavy (non-hydrogen) atoms. The molecule has 0 aliphatic heterocycles. The summed E-state index contributed by atoms with van der Waals surface area (Å²) in [4.78, 5) is 0. The van der Waals surface area contributed by atoms with Crippen LogP contribution >= 0.6 is 0 Å². The SMILES string of the molecule is CCCCCCCCCCCCC(CC)(CC)CO. The van der Waals surface area contributed by atoms with Gasteiger partial charge >= 0.3 is 0 Å². The van der Waals surface area contributed by atoms with Gasteiger partial charge in [-0.1, -0.05) is 85.0 Å². The predicted molar refractivity (Wildman–Crippen MR) is 86.6 cm³/mol.